The number of pyridine rings is 2. The van der Waals surface area contributed by atoms with Gasteiger partial charge in [0, 0.05) is 23.5 Å². The van der Waals surface area contributed by atoms with Gasteiger partial charge in [-0.25, -0.2) is 0 Å². The minimum absolute atomic E-state index is 0.444. The Balaban J connectivity index is 1.99. The molecule has 3 nitrogen and oxygen atoms in total. The van der Waals surface area contributed by atoms with E-state index in [1.165, 1.54) is 5.56 Å². The van der Waals surface area contributed by atoms with E-state index in [-0.39, 0.29) is 0 Å². The van der Waals surface area contributed by atoms with Crippen molar-refractivity contribution in [1.29, 1.82) is 0 Å². The molecule has 1 unspecified atom stereocenters. The normalized spacial score (nSPS) is 17.1. The summed E-state index contributed by atoms with van der Waals surface area (Å²) in [5.41, 5.74) is 6.13. The fourth-order valence-electron chi connectivity index (χ4n) is 2.95. The molecule has 0 bridgehead atoms. The van der Waals surface area contributed by atoms with Gasteiger partial charge in [-0.2, -0.15) is 0 Å². The maximum atomic E-state index is 6.09. The zero-order valence-corrected chi connectivity index (χ0v) is 12.1. The number of rotatable bonds is 1. The fourth-order valence-corrected chi connectivity index (χ4v) is 2.95. The second-order valence-corrected chi connectivity index (χ2v) is 5.68. The minimum atomic E-state index is 0.444. The smallest absolute Gasteiger partial charge is 0.162 e. The third-order valence-corrected chi connectivity index (χ3v) is 4.08. The molecule has 0 saturated carbocycles. The lowest BCUT2D eigenvalue weighted by molar-refractivity contribution is 0.587. The topological polar surface area (TPSA) is 38.9 Å². The number of allylic oxidation sites excluding steroid dienone is 1. The van der Waals surface area contributed by atoms with Gasteiger partial charge in [0.05, 0.1) is 5.69 Å². The molecule has 0 spiro atoms. The van der Waals surface area contributed by atoms with Crippen LogP contribution in [0.5, 0.6) is 0 Å². The van der Waals surface area contributed by atoms with Crippen LogP contribution in [0.3, 0.4) is 0 Å². The Hall–Kier alpha value is -2.42. The van der Waals surface area contributed by atoms with E-state index >= 15 is 0 Å². The van der Waals surface area contributed by atoms with Gasteiger partial charge in [-0.15, -0.1) is 0 Å². The van der Waals surface area contributed by atoms with Crippen LogP contribution in [0, 0.1) is 6.92 Å². The molecule has 0 aromatic carbocycles. The number of fused-ring (bicyclic) bond motifs is 3. The highest BCUT2D eigenvalue weighted by Crippen LogP contribution is 2.39. The zero-order valence-electron chi connectivity index (χ0n) is 12.1. The summed E-state index contributed by atoms with van der Waals surface area (Å²) in [6.07, 6.45) is 8.99. The quantitative estimate of drug-likeness (QED) is 0.645. The summed E-state index contributed by atoms with van der Waals surface area (Å²) in [4.78, 5) is 9.07. The van der Waals surface area contributed by atoms with E-state index in [0.717, 1.165) is 40.1 Å². The van der Waals surface area contributed by atoms with Crippen LogP contribution in [0.25, 0.3) is 28.4 Å². The standard InChI is InChI=1S/C18H16N2O/c1-11-6-7-14(20-10-11)13-8-9-19-17-16-12(2)4-3-5-15(16)21-18(13)17/h3,5-10,12H,4H2,1-2H3. The third kappa shape index (κ3) is 1.88. The molecule has 104 valence electrons. The summed E-state index contributed by atoms with van der Waals surface area (Å²) in [5, 5.41) is 0. The summed E-state index contributed by atoms with van der Waals surface area (Å²) in [6, 6.07) is 6.08. The van der Waals surface area contributed by atoms with Crippen LogP contribution in [0.15, 0.2) is 41.1 Å². The average Bonchev–Trinajstić information content (AvgIpc) is 2.88. The van der Waals surface area contributed by atoms with Crippen LogP contribution < -0.4 is 0 Å². The van der Waals surface area contributed by atoms with Gasteiger partial charge in [0.15, 0.2) is 5.58 Å². The van der Waals surface area contributed by atoms with Crippen molar-refractivity contribution in [2.75, 3.05) is 0 Å². The summed E-state index contributed by atoms with van der Waals surface area (Å²) in [5.74, 6) is 1.38. The van der Waals surface area contributed by atoms with Crippen LogP contribution in [-0.4, -0.2) is 9.97 Å². The lowest BCUT2D eigenvalue weighted by Gasteiger charge is -2.11. The average molecular weight is 276 g/mol. The first-order valence-electron chi connectivity index (χ1n) is 7.25. The van der Waals surface area contributed by atoms with Gasteiger partial charge < -0.3 is 4.42 Å². The Morgan fingerprint density at radius 2 is 2.10 bits per heavy atom. The molecule has 3 heteroatoms. The number of furan rings is 1. The largest absolute Gasteiger partial charge is 0.454 e. The van der Waals surface area contributed by atoms with E-state index in [1.54, 1.807) is 0 Å². The number of aromatic nitrogens is 2. The maximum Gasteiger partial charge on any atom is 0.162 e. The maximum absolute atomic E-state index is 6.09. The van der Waals surface area contributed by atoms with Gasteiger partial charge in [-0.3, -0.25) is 9.97 Å². The Morgan fingerprint density at radius 3 is 2.90 bits per heavy atom. The Bertz CT molecular complexity index is 844. The van der Waals surface area contributed by atoms with Crippen LogP contribution in [0.1, 0.15) is 36.1 Å². The number of aryl methyl sites for hydroxylation is 1. The van der Waals surface area contributed by atoms with E-state index in [4.69, 9.17) is 4.42 Å². The van der Waals surface area contributed by atoms with Crippen LogP contribution in [0.4, 0.5) is 0 Å². The fraction of sp³-hybridized carbons (Fsp3) is 0.222. The summed E-state index contributed by atoms with van der Waals surface area (Å²) in [7, 11) is 0. The molecular weight excluding hydrogens is 260 g/mol. The Morgan fingerprint density at radius 1 is 1.19 bits per heavy atom. The van der Waals surface area contributed by atoms with Gasteiger partial charge in [0.25, 0.3) is 0 Å². The van der Waals surface area contributed by atoms with Crippen molar-refractivity contribution in [3.05, 3.63) is 53.6 Å². The molecule has 0 radical (unpaired) electrons. The highest BCUT2D eigenvalue weighted by Gasteiger charge is 2.23. The van der Waals surface area contributed by atoms with Crippen molar-refractivity contribution in [2.24, 2.45) is 0 Å². The van der Waals surface area contributed by atoms with Crippen molar-refractivity contribution < 1.29 is 4.42 Å². The lowest BCUT2D eigenvalue weighted by atomic mass is 9.92. The molecule has 0 amide bonds. The first-order valence-corrected chi connectivity index (χ1v) is 7.25. The van der Waals surface area contributed by atoms with Crippen LogP contribution in [0.2, 0.25) is 0 Å². The molecule has 3 aromatic heterocycles. The van der Waals surface area contributed by atoms with Crippen molar-refractivity contribution in [1.82, 2.24) is 9.97 Å². The summed E-state index contributed by atoms with van der Waals surface area (Å²) >= 11 is 0. The molecule has 3 heterocycles. The number of nitrogens with zero attached hydrogens (tertiary/aromatic N) is 2. The highest BCUT2D eigenvalue weighted by molar-refractivity contribution is 5.93. The molecule has 0 N–H and O–H groups in total. The van der Waals surface area contributed by atoms with Gasteiger partial charge >= 0.3 is 0 Å². The molecule has 4 rings (SSSR count). The first-order chi connectivity index (χ1) is 10.2. The van der Waals surface area contributed by atoms with Gasteiger partial charge in [0.1, 0.15) is 11.3 Å². The molecule has 0 saturated heterocycles. The molecule has 1 aliphatic carbocycles. The second-order valence-electron chi connectivity index (χ2n) is 5.68. The summed E-state index contributed by atoms with van der Waals surface area (Å²) < 4.78 is 6.09. The zero-order chi connectivity index (χ0) is 14.4. The minimum Gasteiger partial charge on any atom is -0.454 e. The molecule has 1 aliphatic rings. The predicted octanol–water partition coefficient (Wildman–Crippen LogP) is 4.72. The number of hydrogen-bond acceptors (Lipinski definition) is 3. The molecule has 0 aliphatic heterocycles. The van der Waals surface area contributed by atoms with E-state index < -0.39 is 0 Å². The Kier molecular flexibility index (Phi) is 2.67. The molecule has 0 fully saturated rings. The molecule has 21 heavy (non-hydrogen) atoms. The van der Waals surface area contributed by atoms with Gasteiger partial charge in [0.2, 0.25) is 0 Å². The monoisotopic (exact) mass is 276 g/mol. The summed E-state index contributed by atoms with van der Waals surface area (Å²) in [6.45, 7) is 4.26. The van der Waals surface area contributed by atoms with Gasteiger partial charge in [-0.1, -0.05) is 19.1 Å². The van der Waals surface area contributed by atoms with Gasteiger partial charge in [-0.05, 0) is 43.0 Å². The van der Waals surface area contributed by atoms with E-state index in [0.29, 0.717) is 5.92 Å². The van der Waals surface area contributed by atoms with Crippen LogP contribution >= 0.6 is 0 Å². The van der Waals surface area contributed by atoms with Crippen molar-refractivity contribution in [3.63, 3.8) is 0 Å². The predicted molar refractivity (Wildman–Crippen MR) is 84.0 cm³/mol. The second kappa shape index (κ2) is 4.55. The third-order valence-electron chi connectivity index (χ3n) is 4.08. The van der Waals surface area contributed by atoms with Crippen molar-refractivity contribution in [2.45, 2.75) is 26.2 Å². The van der Waals surface area contributed by atoms with Crippen LogP contribution in [-0.2, 0) is 0 Å². The van der Waals surface area contributed by atoms with E-state index in [2.05, 4.69) is 35.1 Å². The highest BCUT2D eigenvalue weighted by atomic mass is 16.3. The lowest BCUT2D eigenvalue weighted by Crippen LogP contribution is -1.97. The van der Waals surface area contributed by atoms with E-state index in [1.807, 2.05) is 31.5 Å². The van der Waals surface area contributed by atoms with E-state index in [9.17, 15) is 0 Å². The Labute approximate surface area is 123 Å². The SMILES string of the molecule is Cc1ccc(-c2ccnc3c4c(oc23)C=CCC4C)nc1. The molecule has 1 atom stereocenters. The molecule has 3 aromatic rings. The first kappa shape index (κ1) is 12.3. The number of hydrogen-bond donors (Lipinski definition) is 0. The molecular formula is C18H16N2O. The van der Waals surface area contributed by atoms with Crippen molar-refractivity contribution >= 4 is 17.2 Å². The van der Waals surface area contributed by atoms with Crippen molar-refractivity contribution in [3.8, 4) is 11.3 Å².